The van der Waals surface area contributed by atoms with E-state index in [0.717, 1.165) is 28.6 Å². The molecule has 2 aromatic rings. The van der Waals surface area contributed by atoms with Crippen molar-refractivity contribution in [1.29, 1.82) is 5.26 Å². The van der Waals surface area contributed by atoms with E-state index in [4.69, 9.17) is 5.26 Å². The minimum Gasteiger partial charge on any atom is -0.355 e. The molecule has 0 bridgehead atoms. The molecule has 0 saturated heterocycles. The Kier molecular flexibility index (Phi) is 7.91. The summed E-state index contributed by atoms with van der Waals surface area (Å²) in [4.78, 5) is 7.49. The molecular weight excluding hydrogens is 350 g/mol. The lowest BCUT2D eigenvalue weighted by atomic mass is 10.0. The highest BCUT2D eigenvalue weighted by molar-refractivity contribution is 8.03. The fourth-order valence-corrected chi connectivity index (χ4v) is 3.90. The number of nitriles is 1. The highest BCUT2D eigenvalue weighted by Crippen LogP contribution is 2.33. The number of benzene rings is 2. The number of nitrogens with zero attached hydrogens (tertiary/aromatic N) is 3. The van der Waals surface area contributed by atoms with E-state index in [-0.39, 0.29) is 6.04 Å². The van der Waals surface area contributed by atoms with Gasteiger partial charge in [-0.1, -0.05) is 43.8 Å². The fourth-order valence-electron chi connectivity index (χ4n) is 2.94. The Labute approximate surface area is 166 Å². The molecule has 138 valence electrons. The van der Waals surface area contributed by atoms with Crippen molar-refractivity contribution < 1.29 is 0 Å². The van der Waals surface area contributed by atoms with E-state index < -0.39 is 0 Å². The average Bonchev–Trinajstić information content (AvgIpc) is 2.72. The predicted molar refractivity (Wildman–Crippen MR) is 118 cm³/mol. The van der Waals surface area contributed by atoms with Gasteiger partial charge in [0.05, 0.1) is 29.2 Å². The molecule has 0 fully saturated rings. The molecule has 0 amide bonds. The lowest BCUT2D eigenvalue weighted by Gasteiger charge is -2.33. The second kappa shape index (κ2) is 10.4. The Morgan fingerprint density at radius 1 is 1.22 bits per heavy atom. The van der Waals surface area contributed by atoms with Crippen LogP contribution in [0.3, 0.4) is 0 Å². The third kappa shape index (κ3) is 5.35. The summed E-state index contributed by atoms with van der Waals surface area (Å²) in [5.74, 6) is 0.762. The van der Waals surface area contributed by atoms with Crippen LogP contribution in [0.4, 0.5) is 5.69 Å². The lowest BCUT2D eigenvalue weighted by Crippen LogP contribution is -2.28. The van der Waals surface area contributed by atoms with Crippen molar-refractivity contribution in [2.24, 2.45) is 4.99 Å². The maximum atomic E-state index is 9.09. The van der Waals surface area contributed by atoms with Crippen molar-refractivity contribution >= 4 is 24.2 Å². The molecule has 27 heavy (non-hydrogen) atoms. The van der Waals surface area contributed by atoms with Gasteiger partial charge in [0.15, 0.2) is 0 Å². The first-order valence-corrected chi connectivity index (χ1v) is 9.87. The van der Waals surface area contributed by atoms with Gasteiger partial charge in [-0.15, -0.1) is 11.8 Å². The molecule has 2 rings (SSSR count). The van der Waals surface area contributed by atoms with Crippen LogP contribution in [0, 0.1) is 11.3 Å². The molecule has 2 aromatic carbocycles. The van der Waals surface area contributed by atoms with Gasteiger partial charge in [-0.2, -0.15) is 5.26 Å². The Bertz CT molecular complexity index is 822. The molecule has 0 aromatic heterocycles. The maximum Gasteiger partial charge on any atom is 0.0991 e. The topological polar surface area (TPSA) is 39.4 Å². The molecular formula is C23H25N3S. The van der Waals surface area contributed by atoms with Crippen LogP contribution < -0.4 is 4.90 Å². The average molecular weight is 376 g/mol. The fraction of sp³-hybridized carbons (Fsp3) is 0.217. The number of hydrogen-bond acceptors (Lipinski definition) is 4. The van der Waals surface area contributed by atoms with Crippen LogP contribution in [0.5, 0.6) is 0 Å². The summed E-state index contributed by atoms with van der Waals surface area (Å²) in [6.07, 6.45) is 2.71. The van der Waals surface area contributed by atoms with E-state index in [2.05, 4.69) is 60.4 Å². The van der Waals surface area contributed by atoms with Gasteiger partial charge in [-0.25, -0.2) is 0 Å². The molecule has 0 N–H and O–H groups in total. The Morgan fingerprint density at radius 3 is 2.41 bits per heavy atom. The van der Waals surface area contributed by atoms with Crippen molar-refractivity contribution in [3.63, 3.8) is 0 Å². The van der Waals surface area contributed by atoms with Gasteiger partial charge in [0.25, 0.3) is 0 Å². The third-order valence-corrected chi connectivity index (χ3v) is 5.47. The number of allylic oxidation sites excluding steroid dienone is 2. The zero-order chi connectivity index (χ0) is 19.6. The summed E-state index contributed by atoms with van der Waals surface area (Å²) in [5, 5.41) is 9.09. The van der Waals surface area contributed by atoms with Crippen LogP contribution in [0.2, 0.25) is 0 Å². The molecule has 0 aliphatic rings. The van der Waals surface area contributed by atoms with Crippen molar-refractivity contribution in [2.45, 2.75) is 26.3 Å². The largest absolute Gasteiger partial charge is 0.355 e. The highest BCUT2D eigenvalue weighted by atomic mass is 32.2. The van der Waals surface area contributed by atoms with Crippen LogP contribution in [-0.4, -0.2) is 12.6 Å². The Morgan fingerprint density at radius 2 is 1.89 bits per heavy atom. The zero-order valence-corrected chi connectivity index (χ0v) is 16.7. The van der Waals surface area contributed by atoms with Gasteiger partial charge in [0.1, 0.15) is 0 Å². The highest BCUT2D eigenvalue weighted by Gasteiger charge is 2.20. The normalized spacial score (nSPS) is 12.5. The van der Waals surface area contributed by atoms with Crippen molar-refractivity contribution in [2.75, 3.05) is 10.8 Å². The van der Waals surface area contributed by atoms with E-state index >= 15 is 0 Å². The number of thioether (sulfide) groups is 1. The standard InChI is InChI=1S/C23H25N3S/c1-5-22(25-4)18(3)27-17-26(21-14-12-19(16-24)13-15-21)23(6-2)20-10-8-7-9-11-20/h5,7-15,23H,1,4,6,17H2,2-3H3/b22-18-. The molecule has 1 atom stereocenters. The van der Waals surface area contributed by atoms with Crippen molar-refractivity contribution in [1.82, 2.24) is 0 Å². The number of anilines is 1. The molecule has 4 heteroatoms. The van der Waals surface area contributed by atoms with Crippen LogP contribution in [0.25, 0.3) is 0 Å². The molecule has 1 unspecified atom stereocenters. The summed E-state index contributed by atoms with van der Waals surface area (Å²) in [6, 6.07) is 20.7. The maximum absolute atomic E-state index is 9.09. The van der Waals surface area contributed by atoms with Crippen LogP contribution >= 0.6 is 11.8 Å². The van der Waals surface area contributed by atoms with Crippen LogP contribution in [0.1, 0.15) is 37.4 Å². The third-order valence-electron chi connectivity index (χ3n) is 4.42. The molecule has 0 aliphatic heterocycles. The Balaban J connectivity index is 2.38. The van der Waals surface area contributed by atoms with Crippen LogP contribution in [-0.2, 0) is 0 Å². The van der Waals surface area contributed by atoms with Gasteiger partial charge in [-0.3, -0.25) is 4.99 Å². The lowest BCUT2D eigenvalue weighted by molar-refractivity contribution is 0.641. The van der Waals surface area contributed by atoms with Gasteiger partial charge < -0.3 is 4.90 Å². The second-order valence-corrected chi connectivity index (χ2v) is 7.20. The summed E-state index contributed by atoms with van der Waals surface area (Å²) < 4.78 is 0. The molecule has 0 aliphatic carbocycles. The minimum atomic E-state index is 0.239. The van der Waals surface area contributed by atoms with E-state index in [1.165, 1.54) is 5.56 Å². The molecule has 0 saturated carbocycles. The van der Waals surface area contributed by atoms with E-state index in [9.17, 15) is 0 Å². The molecule has 0 spiro atoms. The summed E-state index contributed by atoms with van der Waals surface area (Å²) in [6.45, 7) is 11.7. The van der Waals surface area contributed by atoms with E-state index in [1.54, 1.807) is 17.8 Å². The Hall–Kier alpha value is -2.77. The molecule has 3 nitrogen and oxygen atoms in total. The quantitative estimate of drug-likeness (QED) is 0.292. The van der Waals surface area contributed by atoms with Gasteiger partial charge in [0.2, 0.25) is 0 Å². The minimum absolute atomic E-state index is 0.239. The van der Waals surface area contributed by atoms with Crippen molar-refractivity contribution in [3.8, 4) is 6.07 Å². The predicted octanol–water partition coefficient (Wildman–Crippen LogP) is 6.32. The number of aliphatic imine (C=N–C) groups is 1. The second-order valence-electron chi connectivity index (χ2n) is 6.04. The molecule has 0 radical (unpaired) electrons. The smallest absolute Gasteiger partial charge is 0.0991 e. The van der Waals surface area contributed by atoms with E-state index in [1.807, 2.05) is 37.3 Å². The van der Waals surface area contributed by atoms with Gasteiger partial charge in [-0.05, 0) is 56.0 Å². The SMILES string of the molecule is C=C/C(N=C)=C(\C)SCN(c1ccc(C#N)cc1)C(CC)c1ccccc1. The van der Waals surface area contributed by atoms with Gasteiger partial charge >= 0.3 is 0 Å². The molecule has 0 heterocycles. The first-order chi connectivity index (χ1) is 13.1. The van der Waals surface area contributed by atoms with E-state index in [0.29, 0.717) is 5.56 Å². The van der Waals surface area contributed by atoms with Crippen LogP contribution in [0.15, 0.2) is 82.8 Å². The van der Waals surface area contributed by atoms with Gasteiger partial charge in [0, 0.05) is 10.6 Å². The zero-order valence-electron chi connectivity index (χ0n) is 15.9. The summed E-state index contributed by atoms with van der Waals surface area (Å²) in [5.41, 5.74) is 3.85. The number of hydrogen-bond donors (Lipinski definition) is 0. The monoisotopic (exact) mass is 375 g/mol. The van der Waals surface area contributed by atoms with Crippen molar-refractivity contribution in [3.05, 3.63) is 89.0 Å². The summed E-state index contributed by atoms with van der Waals surface area (Å²) >= 11 is 1.72. The summed E-state index contributed by atoms with van der Waals surface area (Å²) in [7, 11) is 0. The number of rotatable bonds is 9. The first kappa shape index (κ1) is 20.5. The first-order valence-electron chi connectivity index (χ1n) is 8.89.